The second-order valence-corrected chi connectivity index (χ2v) is 7.13. The van der Waals surface area contributed by atoms with E-state index in [1.807, 2.05) is 32.0 Å². The summed E-state index contributed by atoms with van der Waals surface area (Å²) >= 11 is 12.7. The van der Waals surface area contributed by atoms with E-state index in [2.05, 4.69) is 5.32 Å². The van der Waals surface area contributed by atoms with Gasteiger partial charge in [-0.05, 0) is 40.8 Å². The number of nitrogens with zero attached hydrogens (tertiary/aromatic N) is 1. The number of ether oxygens (including phenoxy) is 1. The molecule has 0 fully saturated rings. The molecule has 0 atom stereocenters. The molecule has 7 heteroatoms. The Morgan fingerprint density at radius 3 is 2.52 bits per heavy atom. The van der Waals surface area contributed by atoms with Crippen LogP contribution in [0.1, 0.15) is 36.5 Å². The molecule has 142 valence electrons. The Bertz CT molecular complexity index is 853. The van der Waals surface area contributed by atoms with E-state index in [4.69, 9.17) is 33.2 Å². The maximum atomic E-state index is 11.5. The number of halogens is 2. The number of benzene rings is 2. The molecular formula is C20H20Cl2N2O3. The molecule has 5 nitrogen and oxygen atoms in total. The fourth-order valence-electron chi connectivity index (χ4n) is 2.55. The van der Waals surface area contributed by atoms with E-state index < -0.39 is 5.91 Å². The summed E-state index contributed by atoms with van der Waals surface area (Å²) in [5, 5.41) is 21.6. The van der Waals surface area contributed by atoms with Crippen LogP contribution in [-0.4, -0.2) is 24.2 Å². The zero-order chi connectivity index (χ0) is 20.0. The van der Waals surface area contributed by atoms with E-state index in [1.54, 1.807) is 18.2 Å². The van der Waals surface area contributed by atoms with Crippen LogP contribution in [0.4, 0.5) is 0 Å². The summed E-state index contributed by atoms with van der Waals surface area (Å²) in [4.78, 5) is 11.5. The highest BCUT2D eigenvalue weighted by Crippen LogP contribution is 2.33. The van der Waals surface area contributed by atoms with E-state index in [0.717, 1.165) is 16.7 Å². The molecule has 2 aromatic rings. The minimum Gasteiger partial charge on any atom is -0.508 e. The van der Waals surface area contributed by atoms with Crippen LogP contribution >= 0.6 is 23.2 Å². The molecule has 0 aromatic heterocycles. The van der Waals surface area contributed by atoms with Crippen LogP contribution in [0, 0.1) is 11.3 Å². The van der Waals surface area contributed by atoms with E-state index >= 15 is 0 Å². The van der Waals surface area contributed by atoms with Crippen molar-refractivity contribution in [1.29, 1.82) is 5.26 Å². The molecule has 0 aliphatic rings. The molecule has 0 bridgehead atoms. The molecule has 0 unspecified atom stereocenters. The molecule has 2 rings (SSSR count). The Hall–Kier alpha value is -2.42. The number of aromatic hydroxyl groups is 1. The number of nitriles is 1. The van der Waals surface area contributed by atoms with E-state index in [-0.39, 0.29) is 24.8 Å². The first-order valence-electron chi connectivity index (χ1n) is 8.38. The number of amides is 1. The number of rotatable bonds is 7. The minimum atomic E-state index is -0.404. The largest absolute Gasteiger partial charge is 0.508 e. The van der Waals surface area contributed by atoms with Crippen molar-refractivity contribution in [2.75, 3.05) is 13.2 Å². The summed E-state index contributed by atoms with van der Waals surface area (Å²) < 4.78 is 5.37. The van der Waals surface area contributed by atoms with Crippen molar-refractivity contribution in [3.05, 3.63) is 57.1 Å². The first kappa shape index (κ1) is 20.9. The molecule has 0 heterocycles. The molecular weight excluding hydrogens is 387 g/mol. The Labute approximate surface area is 168 Å². The van der Waals surface area contributed by atoms with Crippen LogP contribution in [0.25, 0.3) is 0 Å². The summed E-state index contributed by atoms with van der Waals surface area (Å²) in [6.07, 6.45) is 0.501. The van der Waals surface area contributed by atoms with E-state index in [1.165, 1.54) is 0 Å². The lowest BCUT2D eigenvalue weighted by atomic mass is 9.96. The molecule has 27 heavy (non-hydrogen) atoms. The molecule has 0 saturated heterocycles. The second kappa shape index (κ2) is 9.50. The van der Waals surface area contributed by atoms with Gasteiger partial charge in [-0.1, -0.05) is 49.2 Å². The average molecular weight is 407 g/mol. The van der Waals surface area contributed by atoms with E-state index in [9.17, 15) is 9.90 Å². The van der Waals surface area contributed by atoms with Crippen molar-refractivity contribution in [2.24, 2.45) is 0 Å². The van der Waals surface area contributed by atoms with Crippen LogP contribution in [-0.2, 0) is 11.2 Å². The van der Waals surface area contributed by atoms with Gasteiger partial charge in [0.25, 0.3) is 5.91 Å². The molecule has 2 aromatic carbocycles. The summed E-state index contributed by atoms with van der Waals surface area (Å²) in [6.45, 7) is 3.71. The van der Waals surface area contributed by atoms with Gasteiger partial charge in [-0.25, -0.2) is 0 Å². The molecule has 0 radical (unpaired) electrons. The summed E-state index contributed by atoms with van der Waals surface area (Å²) in [7, 11) is 0. The lowest BCUT2D eigenvalue weighted by Gasteiger charge is -2.14. The maximum Gasteiger partial charge on any atom is 0.258 e. The Balaban J connectivity index is 2.14. The zero-order valence-electron chi connectivity index (χ0n) is 15.1. The second-order valence-electron chi connectivity index (χ2n) is 6.31. The van der Waals surface area contributed by atoms with Gasteiger partial charge in [0.15, 0.2) is 6.61 Å². The zero-order valence-corrected chi connectivity index (χ0v) is 16.6. The maximum absolute atomic E-state index is 11.5. The fraction of sp³-hybridized carbons (Fsp3) is 0.300. The monoisotopic (exact) mass is 406 g/mol. The van der Waals surface area contributed by atoms with Crippen molar-refractivity contribution in [3.8, 4) is 17.6 Å². The Morgan fingerprint density at radius 2 is 1.93 bits per heavy atom. The summed E-state index contributed by atoms with van der Waals surface area (Å²) in [6, 6.07) is 10.5. The van der Waals surface area contributed by atoms with Crippen molar-refractivity contribution in [2.45, 2.75) is 26.2 Å². The smallest absolute Gasteiger partial charge is 0.258 e. The first-order chi connectivity index (χ1) is 12.8. The van der Waals surface area contributed by atoms with Crippen LogP contribution in [0.15, 0.2) is 30.3 Å². The van der Waals surface area contributed by atoms with Crippen LogP contribution < -0.4 is 10.1 Å². The van der Waals surface area contributed by atoms with Gasteiger partial charge in [0, 0.05) is 16.5 Å². The van der Waals surface area contributed by atoms with Crippen molar-refractivity contribution in [3.63, 3.8) is 0 Å². The summed E-state index contributed by atoms with van der Waals surface area (Å²) in [5.41, 5.74) is 2.58. The topological polar surface area (TPSA) is 82.3 Å². The Morgan fingerprint density at radius 1 is 1.26 bits per heavy atom. The predicted octanol–water partition coefficient (Wildman–Crippen LogP) is 4.43. The molecule has 2 N–H and O–H groups in total. The minimum absolute atomic E-state index is 0.0758. The van der Waals surface area contributed by atoms with E-state index in [0.29, 0.717) is 22.2 Å². The van der Waals surface area contributed by atoms with Crippen molar-refractivity contribution in [1.82, 2.24) is 5.32 Å². The quantitative estimate of drug-likeness (QED) is 0.666. The molecule has 0 aliphatic heterocycles. The van der Waals surface area contributed by atoms with Crippen molar-refractivity contribution < 1.29 is 14.6 Å². The fourth-order valence-corrected chi connectivity index (χ4v) is 3.15. The number of hydrogen-bond acceptors (Lipinski definition) is 4. The normalized spacial score (nSPS) is 10.5. The van der Waals surface area contributed by atoms with Gasteiger partial charge in [0.05, 0.1) is 6.07 Å². The van der Waals surface area contributed by atoms with Gasteiger partial charge in [-0.15, -0.1) is 0 Å². The first-order valence-corrected chi connectivity index (χ1v) is 9.13. The molecule has 0 spiro atoms. The van der Waals surface area contributed by atoms with Gasteiger partial charge in [0.1, 0.15) is 18.0 Å². The Kier molecular flexibility index (Phi) is 7.35. The third-order valence-corrected chi connectivity index (χ3v) is 4.62. The average Bonchev–Trinajstić information content (AvgIpc) is 2.62. The number of phenols is 1. The lowest BCUT2D eigenvalue weighted by Crippen LogP contribution is -2.29. The lowest BCUT2D eigenvalue weighted by molar-refractivity contribution is -0.122. The third kappa shape index (κ3) is 5.78. The third-order valence-electron chi connectivity index (χ3n) is 3.94. The van der Waals surface area contributed by atoms with Crippen molar-refractivity contribution >= 4 is 29.1 Å². The van der Waals surface area contributed by atoms with Crippen LogP contribution in [0.2, 0.25) is 10.0 Å². The SMILES string of the molecule is CC(C)c1cc(Cc2c(Cl)cc(OCC(=O)NCC#N)cc2Cl)ccc1O. The predicted molar refractivity (Wildman–Crippen MR) is 106 cm³/mol. The number of carbonyl (C=O) groups excluding carboxylic acids is 1. The van der Waals surface area contributed by atoms with Crippen LogP contribution in [0.3, 0.4) is 0 Å². The van der Waals surface area contributed by atoms with Gasteiger partial charge in [-0.2, -0.15) is 5.26 Å². The van der Waals surface area contributed by atoms with Gasteiger partial charge in [-0.3, -0.25) is 4.79 Å². The molecule has 0 saturated carbocycles. The number of hydrogen-bond donors (Lipinski definition) is 2. The van der Waals surface area contributed by atoms with Gasteiger partial charge >= 0.3 is 0 Å². The summed E-state index contributed by atoms with van der Waals surface area (Å²) in [5.74, 6) is 0.427. The van der Waals surface area contributed by atoms with Gasteiger partial charge in [0.2, 0.25) is 0 Å². The number of nitrogens with one attached hydrogen (secondary N) is 1. The van der Waals surface area contributed by atoms with Gasteiger partial charge < -0.3 is 15.2 Å². The highest BCUT2D eigenvalue weighted by molar-refractivity contribution is 6.36. The standard InChI is InChI=1S/C20H20Cl2N2O3/c1-12(2)15-7-13(3-4-19(15)25)8-16-17(21)9-14(10-18(16)22)27-11-20(26)24-6-5-23/h3-4,7,9-10,12,25H,6,8,11H2,1-2H3,(H,24,26). The highest BCUT2D eigenvalue weighted by atomic mass is 35.5. The molecule has 1 amide bonds. The number of carbonyl (C=O) groups is 1. The molecule has 0 aliphatic carbocycles. The van der Waals surface area contributed by atoms with Crippen LogP contribution in [0.5, 0.6) is 11.5 Å². The highest BCUT2D eigenvalue weighted by Gasteiger charge is 2.13. The number of phenolic OH excluding ortho intramolecular Hbond substituents is 1.